The van der Waals surface area contributed by atoms with Crippen LogP contribution in [0.3, 0.4) is 0 Å². The Kier molecular flexibility index (Phi) is 6.39. The number of nitrogens with zero attached hydrogens (tertiary/aromatic N) is 2. The molecule has 0 aliphatic rings. The molecule has 1 aromatic heterocycles. The summed E-state index contributed by atoms with van der Waals surface area (Å²) in [4.78, 5) is 29.1. The van der Waals surface area contributed by atoms with Crippen LogP contribution in [0.25, 0.3) is 0 Å². The fourth-order valence-corrected chi connectivity index (χ4v) is 3.21. The summed E-state index contributed by atoms with van der Waals surface area (Å²) in [6.07, 6.45) is 0. The third-order valence-electron chi connectivity index (χ3n) is 4.72. The highest BCUT2D eigenvalue weighted by molar-refractivity contribution is 5.62. The Morgan fingerprint density at radius 1 is 1.10 bits per heavy atom. The number of benzene rings is 2. The summed E-state index contributed by atoms with van der Waals surface area (Å²) in [5.41, 5.74) is 7.58. The summed E-state index contributed by atoms with van der Waals surface area (Å²) in [5, 5.41) is 0. The molecule has 0 saturated carbocycles. The van der Waals surface area contributed by atoms with E-state index in [1.807, 2.05) is 73.3 Å². The van der Waals surface area contributed by atoms with Gasteiger partial charge in [-0.25, -0.2) is 4.79 Å². The monoisotopic (exact) mass is 394 g/mol. The van der Waals surface area contributed by atoms with Crippen LogP contribution in [0.5, 0.6) is 5.75 Å². The van der Waals surface area contributed by atoms with Gasteiger partial charge in [0.2, 0.25) is 0 Å². The second-order valence-corrected chi connectivity index (χ2v) is 6.81. The molecule has 3 N–H and O–H groups in total. The van der Waals surface area contributed by atoms with Gasteiger partial charge in [-0.05, 0) is 37.1 Å². The Morgan fingerprint density at radius 3 is 2.55 bits per heavy atom. The summed E-state index contributed by atoms with van der Waals surface area (Å²) < 4.78 is 7.19. The van der Waals surface area contributed by atoms with Crippen molar-refractivity contribution in [2.24, 2.45) is 0 Å². The van der Waals surface area contributed by atoms with Crippen LogP contribution in [0.1, 0.15) is 18.1 Å². The quantitative estimate of drug-likeness (QED) is 0.612. The molecule has 7 nitrogen and oxygen atoms in total. The number of aromatic amines is 1. The Morgan fingerprint density at radius 2 is 1.86 bits per heavy atom. The maximum atomic E-state index is 12.5. The number of rotatable bonds is 8. The van der Waals surface area contributed by atoms with E-state index in [-0.39, 0.29) is 18.1 Å². The van der Waals surface area contributed by atoms with Gasteiger partial charge in [-0.15, -0.1) is 0 Å². The maximum Gasteiger partial charge on any atom is 0.330 e. The van der Waals surface area contributed by atoms with E-state index in [1.165, 1.54) is 4.57 Å². The zero-order valence-corrected chi connectivity index (χ0v) is 16.7. The lowest BCUT2D eigenvalue weighted by Gasteiger charge is -2.25. The van der Waals surface area contributed by atoms with E-state index >= 15 is 0 Å². The van der Waals surface area contributed by atoms with Crippen molar-refractivity contribution in [3.63, 3.8) is 0 Å². The number of aryl methyl sites for hydroxylation is 1. The summed E-state index contributed by atoms with van der Waals surface area (Å²) in [7, 11) is 0. The van der Waals surface area contributed by atoms with E-state index in [1.54, 1.807) is 0 Å². The third kappa shape index (κ3) is 4.87. The molecule has 152 valence electrons. The molecule has 0 bridgehead atoms. The SMILES string of the molecule is CCN(CCOc1cccc(C)c1)c1c(N)n(Cc2ccccc2)c(=O)[nH]c1=O. The number of nitrogens with one attached hydrogen (secondary N) is 1. The lowest BCUT2D eigenvalue weighted by Crippen LogP contribution is -2.40. The number of nitrogens with two attached hydrogens (primary N) is 1. The van der Waals surface area contributed by atoms with E-state index in [0.717, 1.165) is 16.9 Å². The van der Waals surface area contributed by atoms with Crippen LogP contribution >= 0.6 is 0 Å². The van der Waals surface area contributed by atoms with Gasteiger partial charge in [0.25, 0.3) is 5.56 Å². The Hall–Kier alpha value is -3.48. The molecule has 0 aliphatic carbocycles. The molecule has 0 saturated heterocycles. The van der Waals surface area contributed by atoms with Gasteiger partial charge >= 0.3 is 5.69 Å². The van der Waals surface area contributed by atoms with E-state index in [0.29, 0.717) is 19.7 Å². The summed E-state index contributed by atoms with van der Waals surface area (Å²) in [6.45, 7) is 5.61. The molecule has 0 fully saturated rings. The molecule has 2 aromatic carbocycles. The number of ether oxygens (including phenoxy) is 1. The van der Waals surface area contributed by atoms with Gasteiger partial charge in [0.05, 0.1) is 13.1 Å². The number of likely N-dealkylation sites (N-methyl/N-ethyl adjacent to an activating group) is 1. The molecule has 0 unspecified atom stereocenters. The van der Waals surface area contributed by atoms with Crippen molar-refractivity contribution in [2.45, 2.75) is 20.4 Å². The number of hydrogen-bond acceptors (Lipinski definition) is 5. The highest BCUT2D eigenvalue weighted by atomic mass is 16.5. The number of nitrogen functional groups attached to an aromatic ring is 1. The summed E-state index contributed by atoms with van der Waals surface area (Å²) in [6, 6.07) is 17.3. The molecule has 0 amide bonds. The first-order valence-electron chi connectivity index (χ1n) is 9.60. The molecular weight excluding hydrogens is 368 g/mol. The number of hydrogen-bond donors (Lipinski definition) is 2. The smallest absolute Gasteiger partial charge is 0.330 e. The first-order chi connectivity index (χ1) is 14.0. The normalized spacial score (nSPS) is 10.7. The molecule has 3 aromatic rings. The van der Waals surface area contributed by atoms with Gasteiger partial charge in [-0.3, -0.25) is 14.3 Å². The first kappa shape index (κ1) is 20.3. The highest BCUT2D eigenvalue weighted by Gasteiger charge is 2.18. The Bertz CT molecular complexity index is 1070. The van der Waals surface area contributed by atoms with Crippen LogP contribution in [-0.4, -0.2) is 29.2 Å². The van der Waals surface area contributed by atoms with Crippen LogP contribution in [0.15, 0.2) is 64.2 Å². The minimum atomic E-state index is -0.521. The maximum absolute atomic E-state index is 12.5. The molecule has 7 heteroatoms. The predicted molar refractivity (Wildman–Crippen MR) is 116 cm³/mol. The Labute approximate surface area is 169 Å². The van der Waals surface area contributed by atoms with Crippen molar-refractivity contribution in [1.29, 1.82) is 0 Å². The first-order valence-corrected chi connectivity index (χ1v) is 9.60. The van der Waals surface area contributed by atoms with Gasteiger partial charge in [0.15, 0.2) is 0 Å². The molecule has 0 atom stereocenters. The molecule has 3 rings (SSSR count). The van der Waals surface area contributed by atoms with E-state index in [2.05, 4.69) is 4.98 Å². The second kappa shape index (κ2) is 9.14. The van der Waals surface area contributed by atoms with E-state index < -0.39 is 11.2 Å². The second-order valence-electron chi connectivity index (χ2n) is 6.81. The number of anilines is 2. The van der Waals surface area contributed by atoms with Crippen molar-refractivity contribution >= 4 is 11.5 Å². The van der Waals surface area contributed by atoms with Gasteiger partial charge in [0, 0.05) is 6.54 Å². The van der Waals surface area contributed by atoms with Gasteiger partial charge in [-0.1, -0.05) is 42.5 Å². The van der Waals surface area contributed by atoms with Crippen LogP contribution < -0.4 is 26.6 Å². The molecule has 1 heterocycles. The van der Waals surface area contributed by atoms with Crippen molar-refractivity contribution in [1.82, 2.24) is 9.55 Å². The van der Waals surface area contributed by atoms with E-state index in [4.69, 9.17) is 10.5 Å². The molecule has 0 radical (unpaired) electrons. The van der Waals surface area contributed by atoms with Crippen molar-refractivity contribution in [2.75, 3.05) is 30.3 Å². The Balaban J connectivity index is 1.82. The fourth-order valence-electron chi connectivity index (χ4n) is 3.21. The molecule has 29 heavy (non-hydrogen) atoms. The third-order valence-corrected chi connectivity index (χ3v) is 4.72. The van der Waals surface area contributed by atoms with Crippen LogP contribution in [-0.2, 0) is 6.54 Å². The number of aromatic nitrogens is 2. The van der Waals surface area contributed by atoms with Crippen molar-refractivity contribution in [3.8, 4) is 5.75 Å². The highest BCUT2D eigenvalue weighted by Crippen LogP contribution is 2.18. The lowest BCUT2D eigenvalue weighted by atomic mass is 10.2. The van der Waals surface area contributed by atoms with Crippen molar-refractivity contribution < 1.29 is 4.74 Å². The van der Waals surface area contributed by atoms with Gasteiger partial charge in [0.1, 0.15) is 23.9 Å². The van der Waals surface area contributed by atoms with Crippen LogP contribution in [0, 0.1) is 6.92 Å². The topological polar surface area (TPSA) is 93.3 Å². The number of H-pyrrole nitrogens is 1. The standard InChI is InChI=1S/C22H26N4O3/c1-3-25(12-13-29-18-11-7-8-16(2)14-18)19-20(23)26(22(28)24-21(19)27)15-17-9-5-4-6-10-17/h4-11,14H,3,12-13,15,23H2,1-2H3,(H,24,27,28). The predicted octanol–water partition coefficient (Wildman–Crippen LogP) is 2.38. The average molecular weight is 394 g/mol. The van der Waals surface area contributed by atoms with Crippen molar-refractivity contribution in [3.05, 3.63) is 86.6 Å². The molecule has 0 aliphatic heterocycles. The fraction of sp³-hybridized carbons (Fsp3) is 0.273. The minimum Gasteiger partial charge on any atom is -0.492 e. The van der Waals surface area contributed by atoms with Gasteiger partial charge < -0.3 is 15.4 Å². The summed E-state index contributed by atoms with van der Waals surface area (Å²) in [5.74, 6) is 0.928. The largest absolute Gasteiger partial charge is 0.492 e. The van der Waals surface area contributed by atoms with E-state index in [9.17, 15) is 9.59 Å². The van der Waals surface area contributed by atoms with Gasteiger partial charge in [-0.2, -0.15) is 0 Å². The molecule has 0 spiro atoms. The summed E-state index contributed by atoms with van der Waals surface area (Å²) >= 11 is 0. The molecular formula is C22H26N4O3. The minimum absolute atomic E-state index is 0.153. The average Bonchev–Trinajstić information content (AvgIpc) is 2.70. The van der Waals surface area contributed by atoms with Crippen LogP contribution in [0.2, 0.25) is 0 Å². The lowest BCUT2D eigenvalue weighted by molar-refractivity contribution is 0.324. The van der Waals surface area contributed by atoms with Crippen LogP contribution in [0.4, 0.5) is 11.5 Å². The zero-order valence-electron chi connectivity index (χ0n) is 16.7. The zero-order chi connectivity index (χ0) is 20.8.